The van der Waals surface area contributed by atoms with Crippen molar-refractivity contribution >= 4 is 32.5 Å². The molecule has 0 spiro atoms. The zero-order chi connectivity index (χ0) is 20.3. The van der Waals surface area contributed by atoms with E-state index in [1.165, 1.54) is 24.3 Å². The van der Waals surface area contributed by atoms with E-state index in [4.69, 9.17) is 0 Å². The maximum atomic E-state index is 12.5. The number of hydrogen-bond donors (Lipinski definition) is 2. The maximum absolute atomic E-state index is 12.5. The zero-order valence-corrected chi connectivity index (χ0v) is 15.9. The largest absolute Gasteiger partial charge is 0.322 e. The molecule has 2 N–H and O–H groups in total. The van der Waals surface area contributed by atoms with Gasteiger partial charge in [0.05, 0.1) is 16.1 Å². The van der Waals surface area contributed by atoms with Crippen LogP contribution in [0.5, 0.6) is 0 Å². The fourth-order valence-corrected chi connectivity index (χ4v) is 3.78. The van der Waals surface area contributed by atoms with Gasteiger partial charge >= 0.3 is 0 Å². The van der Waals surface area contributed by atoms with Gasteiger partial charge in [-0.1, -0.05) is 17.9 Å². The van der Waals surface area contributed by atoms with Crippen molar-refractivity contribution in [1.29, 1.82) is 0 Å². The smallest absolute Gasteiger partial charge is 0.262 e. The first kappa shape index (κ1) is 18.5. The minimum atomic E-state index is -3.76. The predicted molar refractivity (Wildman–Crippen MR) is 111 cm³/mol. The van der Waals surface area contributed by atoms with E-state index < -0.39 is 10.0 Å². The number of fused-ring (bicyclic) bond motifs is 1. The zero-order valence-electron chi connectivity index (χ0n) is 15.1. The molecule has 1 aliphatic carbocycles. The third-order valence-electron chi connectivity index (χ3n) is 4.18. The van der Waals surface area contributed by atoms with E-state index in [2.05, 4.69) is 26.5 Å². The molecule has 142 valence electrons. The van der Waals surface area contributed by atoms with E-state index in [1.54, 1.807) is 42.6 Å². The lowest BCUT2D eigenvalue weighted by molar-refractivity contribution is 0.102. The molecule has 0 saturated carbocycles. The van der Waals surface area contributed by atoms with Gasteiger partial charge in [-0.25, -0.2) is 8.42 Å². The standard InChI is InChI=1S/C22H15N3O3S/c26-22(17-8-13-21-16(15-17)5-4-14-23-21)24-18-9-11-20(12-10-18)29(27,28)25-19-6-2-1-3-7-19/h1-2,4-6,8-15,25H,(H,24,26). The summed E-state index contributed by atoms with van der Waals surface area (Å²) >= 11 is 0. The number of hydrogen-bond acceptors (Lipinski definition) is 4. The fourth-order valence-electron chi connectivity index (χ4n) is 2.75. The van der Waals surface area contributed by atoms with E-state index in [0.717, 1.165) is 10.9 Å². The minimum absolute atomic E-state index is 0.0736. The number of anilines is 1. The van der Waals surface area contributed by atoms with Crippen molar-refractivity contribution in [2.45, 2.75) is 4.90 Å². The molecule has 29 heavy (non-hydrogen) atoms. The predicted octanol–water partition coefficient (Wildman–Crippen LogP) is 3.53. The molecule has 0 radical (unpaired) electrons. The summed E-state index contributed by atoms with van der Waals surface area (Å²) in [5, 5.41) is 3.63. The van der Waals surface area contributed by atoms with Gasteiger partial charge in [0.25, 0.3) is 15.9 Å². The molecular formula is C22H15N3O3S. The van der Waals surface area contributed by atoms with E-state index in [1.807, 2.05) is 12.1 Å². The Hall–Kier alpha value is -3.89. The Balaban J connectivity index is 1.50. The number of nitrogens with zero attached hydrogens (tertiary/aromatic N) is 1. The number of nitrogens with one attached hydrogen (secondary N) is 2. The molecule has 4 rings (SSSR count). The summed E-state index contributed by atoms with van der Waals surface area (Å²) in [5.41, 5.74) is 7.45. The van der Waals surface area contributed by atoms with E-state index in [9.17, 15) is 13.2 Å². The van der Waals surface area contributed by atoms with Gasteiger partial charge in [0.15, 0.2) is 0 Å². The van der Waals surface area contributed by atoms with E-state index in [0.29, 0.717) is 16.9 Å². The average Bonchev–Trinajstić information content (AvgIpc) is 2.74. The Morgan fingerprint density at radius 3 is 2.62 bits per heavy atom. The second-order valence-electron chi connectivity index (χ2n) is 6.20. The first-order chi connectivity index (χ1) is 14.0. The van der Waals surface area contributed by atoms with Crippen LogP contribution >= 0.6 is 0 Å². The van der Waals surface area contributed by atoms with Crippen LogP contribution in [0.3, 0.4) is 0 Å². The molecule has 3 aromatic rings. The number of sulfonamides is 1. The molecule has 0 unspecified atom stereocenters. The molecule has 0 bridgehead atoms. The van der Waals surface area contributed by atoms with Gasteiger partial charge in [-0.05, 0) is 66.4 Å². The highest BCUT2D eigenvalue weighted by Crippen LogP contribution is 2.18. The number of aromatic nitrogens is 1. The van der Waals surface area contributed by atoms with Crippen LogP contribution in [-0.4, -0.2) is 19.3 Å². The number of carbonyl (C=O) groups is 1. The second kappa shape index (κ2) is 7.62. The SMILES string of the molecule is O=C(Nc1ccc(S(=O)(=O)NC2=C=C=CC=C2)cc1)c1ccc2ncccc2c1. The summed E-state index contributed by atoms with van der Waals surface area (Å²) in [6.45, 7) is 0. The summed E-state index contributed by atoms with van der Waals surface area (Å²) < 4.78 is 27.3. The highest BCUT2D eigenvalue weighted by molar-refractivity contribution is 7.89. The lowest BCUT2D eigenvalue weighted by atomic mass is 10.1. The number of allylic oxidation sites excluding steroid dienone is 3. The van der Waals surface area contributed by atoms with Gasteiger partial charge in [-0.2, -0.15) is 0 Å². The van der Waals surface area contributed by atoms with Crippen LogP contribution in [-0.2, 0) is 10.0 Å². The van der Waals surface area contributed by atoms with Crippen molar-refractivity contribution in [3.63, 3.8) is 0 Å². The van der Waals surface area contributed by atoms with Crippen LogP contribution in [0.15, 0.2) is 101 Å². The highest BCUT2D eigenvalue weighted by atomic mass is 32.2. The van der Waals surface area contributed by atoms with E-state index in [-0.39, 0.29) is 10.8 Å². The monoisotopic (exact) mass is 401 g/mol. The number of amides is 1. The van der Waals surface area contributed by atoms with Crippen LogP contribution in [0.25, 0.3) is 10.9 Å². The van der Waals surface area contributed by atoms with Gasteiger partial charge in [0.1, 0.15) is 0 Å². The van der Waals surface area contributed by atoms with Crippen molar-refractivity contribution in [2.24, 2.45) is 0 Å². The number of rotatable bonds is 5. The molecule has 0 aliphatic heterocycles. The molecular weight excluding hydrogens is 386 g/mol. The van der Waals surface area contributed by atoms with Crippen LogP contribution < -0.4 is 10.0 Å². The average molecular weight is 401 g/mol. The lowest BCUT2D eigenvalue weighted by Gasteiger charge is -2.09. The molecule has 0 atom stereocenters. The Morgan fingerprint density at radius 2 is 1.86 bits per heavy atom. The van der Waals surface area contributed by atoms with Crippen molar-refractivity contribution < 1.29 is 13.2 Å². The van der Waals surface area contributed by atoms with Crippen molar-refractivity contribution in [1.82, 2.24) is 9.71 Å². The number of benzene rings is 2. The molecule has 2 aromatic carbocycles. The Bertz CT molecular complexity index is 1340. The quantitative estimate of drug-likeness (QED) is 0.640. The molecule has 1 amide bonds. The summed E-state index contributed by atoms with van der Waals surface area (Å²) in [4.78, 5) is 16.8. The Morgan fingerprint density at radius 1 is 1.03 bits per heavy atom. The van der Waals surface area contributed by atoms with Crippen LogP contribution in [0.1, 0.15) is 10.4 Å². The highest BCUT2D eigenvalue weighted by Gasteiger charge is 2.15. The molecule has 0 saturated heterocycles. The Kier molecular flexibility index (Phi) is 4.85. The number of carbonyl (C=O) groups excluding carboxylic acids is 1. The van der Waals surface area contributed by atoms with Gasteiger partial charge in [-0.15, -0.1) is 0 Å². The van der Waals surface area contributed by atoms with Crippen LogP contribution in [0.4, 0.5) is 5.69 Å². The second-order valence-corrected chi connectivity index (χ2v) is 7.89. The van der Waals surface area contributed by atoms with Gasteiger partial charge < -0.3 is 5.32 Å². The third kappa shape index (κ3) is 4.18. The first-order valence-corrected chi connectivity index (χ1v) is 10.2. The maximum Gasteiger partial charge on any atom is 0.262 e. The molecule has 0 fully saturated rings. The van der Waals surface area contributed by atoms with Crippen molar-refractivity contribution in [3.8, 4) is 0 Å². The minimum Gasteiger partial charge on any atom is -0.322 e. The summed E-state index contributed by atoms with van der Waals surface area (Å²) in [6, 6.07) is 14.9. The topological polar surface area (TPSA) is 88.2 Å². The van der Waals surface area contributed by atoms with Crippen LogP contribution in [0, 0.1) is 0 Å². The third-order valence-corrected chi connectivity index (χ3v) is 5.56. The molecule has 1 aliphatic rings. The summed E-state index contributed by atoms with van der Waals surface area (Å²) in [6.07, 6.45) is 6.57. The summed E-state index contributed by atoms with van der Waals surface area (Å²) in [7, 11) is -3.76. The molecule has 7 heteroatoms. The normalized spacial score (nSPS) is 12.6. The van der Waals surface area contributed by atoms with Gasteiger partial charge in [0.2, 0.25) is 0 Å². The fraction of sp³-hybridized carbons (Fsp3) is 0. The van der Waals surface area contributed by atoms with Crippen LogP contribution in [0.2, 0.25) is 0 Å². The summed E-state index contributed by atoms with van der Waals surface area (Å²) in [5.74, 6) is -0.293. The Labute approximate surface area is 167 Å². The van der Waals surface area contributed by atoms with Crippen molar-refractivity contribution in [3.05, 3.63) is 102 Å². The van der Waals surface area contributed by atoms with Gasteiger partial charge in [0, 0.05) is 22.8 Å². The molecule has 1 heterocycles. The molecule has 1 aromatic heterocycles. The first-order valence-electron chi connectivity index (χ1n) is 8.69. The van der Waals surface area contributed by atoms with Crippen molar-refractivity contribution in [2.75, 3.05) is 5.32 Å². The van der Waals surface area contributed by atoms with E-state index >= 15 is 0 Å². The number of pyridine rings is 1. The lowest BCUT2D eigenvalue weighted by Crippen LogP contribution is -2.22. The molecule has 6 nitrogen and oxygen atoms in total. The van der Waals surface area contributed by atoms with Gasteiger partial charge in [-0.3, -0.25) is 14.5 Å².